The largest absolute Gasteiger partial charge is 0.481 e. The van der Waals surface area contributed by atoms with Gasteiger partial charge in [-0.2, -0.15) is 5.10 Å². The number of aromatic amines is 1. The Morgan fingerprint density at radius 2 is 2.25 bits per heavy atom. The summed E-state index contributed by atoms with van der Waals surface area (Å²) >= 11 is 0. The number of carbonyl (C=O) groups is 2. The molecule has 0 bridgehead atoms. The first kappa shape index (κ1) is 14.5. The summed E-state index contributed by atoms with van der Waals surface area (Å²) in [7, 11) is -3.31. The molecule has 20 heavy (non-hydrogen) atoms. The lowest BCUT2D eigenvalue weighted by atomic mass is 10.2. The topological polar surface area (TPSA) is 120 Å². The second-order valence-electron chi connectivity index (χ2n) is 4.80. The maximum Gasteiger partial charge on any atom is 0.305 e. The highest BCUT2D eigenvalue weighted by Gasteiger charge is 2.36. The lowest BCUT2D eigenvalue weighted by molar-refractivity contribution is -0.138. The number of aromatic nitrogens is 2. The van der Waals surface area contributed by atoms with Crippen molar-refractivity contribution in [2.45, 2.75) is 19.4 Å². The molecule has 2 rings (SSSR count). The SMILES string of the molecule is Cc1cc(C(=O)N2CCS(=O)(=O)CC2CC(=O)O)n[nH]1. The molecule has 1 fully saturated rings. The zero-order valence-electron chi connectivity index (χ0n) is 10.9. The molecule has 1 aromatic heterocycles. The number of hydrogen-bond acceptors (Lipinski definition) is 5. The molecule has 9 heteroatoms. The average Bonchev–Trinajstić information content (AvgIpc) is 2.73. The van der Waals surface area contributed by atoms with Gasteiger partial charge in [0.25, 0.3) is 5.91 Å². The van der Waals surface area contributed by atoms with Gasteiger partial charge in [-0.3, -0.25) is 14.7 Å². The molecule has 1 atom stereocenters. The van der Waals surface area contributed by atoms with E-state index in [1.54, 1.807) is 13.0 Å². The Morgan fingerprint density at radius 1 is 1.55 bits per heavy atom. The Kier molecular flexibility index (Phi) is 3.80. The minimum Gasteiger partial charge on any atom is -0.481 e. The van der Waals surface area contributed by atoms with Crippen LogP contribution in [0.4, 0.5) is 0 Å². The maximum atomic E-state index is 12.3. The molecule has 1 aromatic rings. The van der Waals surface area contributed by atoms with Crippen LogP contribution in [-0.4, -0.2) is 64.6 Å². The number of carboxylic acid groups (broad SMARTS) is 1. The van der Waals surface area contributed by atoms with Gasteiger partial charge in [-0.25, -0.2) is 8.42 Å². The number of amides is 1. The first-order valence-corrected chi connectivity index (χ1v) is 7.86. The fraction of sp³-hybridized carbons (Fsp3) is 0.545. The van der Waals surface area contributed by atoms with Crippen LogP contribution in [0.15, 0.2) is 6.07 Å². The van der Waals surface area contributed by atoms with Crippen molar-refractivity contribution in [2.75, 3.05) is 18.1 Å². The van der Waals surface area contributed by atoms with Crippen LogP contribution >= 0.6 is 0 Å². The zero-order chi connectivity index (χ0) is 14.9. The van der Waals surface area contributed by atoms with E-state index in [0.717, 1.165) is 0 Å². The Hall–Kier alpha value is -1.90. The van der Waals surface area contributed by atoms with Gasteiger partial charge in [0.15, 0.2) is 9.84 Å². The van der Waals surface area contributed by atoms with Crippen molar-refractivity contribution in [3.63, 3.8) is 0 Å². The van der Waals surface area contributed by atoms with Crippen LogP contribution in [-0.2, 0) is 14.6 Å². The van der Waals surface area contributed by atoms with E-state index in [0.29, 0.717) is 5.69 Å². The molecule has 1 saturated heterocycles. The summed E-state index contributed by atoms with van der Waals surface area (Å²) in [5, 5.41) is 15.3. The van der Waals surface area contributed by atoms with Crippen molar-refractivity contribution in [2.24, 2.45) is 0 Å². The molecule has 2 heterocycles. The van der Waals surface area contributed by atoms with Gasteiger partial charge in [0.2, 0.25) is 0 Å². The molecule has 1 unspecified atom stereocenters. The van der Waals surface area contributed by atoms with Gasteiger partial charge in [0.05, 0.1) is 24.0 Å². The van der Waals surface area contributed by atoms with E-state index in [9.17, 15) is 18.0 Å². The van der Waals surface area contributed by atoms with Crippen molar-refractivity contribution in [3.05, 3.63) is 17.5 Å². The Balaban J connectivity index is 2.23. The number of carboxylic acids is 1. The van der Waals surface area contributed by atoms with Gasteiger partial charge < -0.3 is 10.0 Å². The number of hydrogen-bond donors (Lipinski definition) is 2. The number of aliphatic carboxylic acids is 1. The summed E-state index contributed by atoms with van der Waals surface area (Å²) < 4.78 is 23.2. The van der Waals surface area contributed by atoms with Gasteiger partial charge in [0, 0.05) is 12.2 Å². The number of H-pyrrole nitrogens is 1. The zero-order valence-corrected chi connectivity index (χ0v) is 11.7. The maximum absolute atomic E-state index is 12.3. The van der Waals surface area contributed by atoms with Crippen LogP contribution in [0, 0.1) is 6.92 Å². The molecule has 110 valence electrons. The Morgan fingerprint density at radius 3 is 2.80 bits per heavy atom. The van der Waals surface area contributed by atoms with Crippen LogP contribution in [0.3, 0.4) is 0 Å². The van der Waals surface area contributed by atoms with Crippen LogP contribution in [0.1, 0.15) is 22.6 Å². The molecular weight excluding hydrogens is 286 g/mol. The summed E-state index contributed by atoms with van der Waals surface area (Å²) in [6, 6.07) is 0.694. The molecule has 0 spiro atoms. The highest BCUT2D eigenvalue weighted by Crippen LogP contribution is 2.17. The van der Waals surface area contributed by atoms with Crippen LogP contribution < -0.4 is 0 Å². The monoisotopic (exact) mass is 301 g/mol. The number of nitrogens with one attached hydrogen (secondary N) is 1. The predicted molar refractivity (Wildman–Crippen MR) is 69.1 cm³/mol. The molecule has 0 aliphatic carbocycles. The summed E-state index contributed by atoms with van der Waals surface area (Å²) in [6.07, 6.45) is -0.394. The number of rotatable bonds is 3. The van der Waals surface area contributed by atoms with Crippen LogP contribution in [0.25, 0.3) is 0 Å². The molecular formula is C11H15N3O5S. The highest BCUT2D eigenvalue weighted by molar-refractivity contribution is 7.91. The minimum atomic E-state index is -3.31. The van der Waals surface area contributed by atoms with E-state index in [1.165, 1.54) is 4.90 Å². The van der Waals surface area contributed by atoms with E-state index in [4.69, 9.17) is 5.11 Å². The predicted octanol–water partition coefficient (Wildman–Crippen LogP) is -0.568. The smallest absolute Gasteiger partial charge is 0.305 e. The minimum absolute atomic E-state index is 0.00891. The number of aryl methyl sites for hydroxylation is 1. The van der Waals surface area contributed by atoms with E-state index in [2.05, 4.69) is 10.2 Å². The second-order valence-corrected chi connectivity index (χ2v) is 7.03. The van der Waals surface area contributed by atoms with E-state index >= 15 is 0 Å². The van der Waals surface area contributed by atoms with Crippen molar-refractivity contribution in [1.29, 1.82) is 0 Å². The van der Waals surface area contributed by atoms with Gasteiger partial charge in [-0.15, -0.1) is 0 Å². The lowest BCUT2D eigenvalue weighted by Gasteiger charge is -2.34. The van der Waals surface area contributed by atoms with Crippen LogP contribution in [0.2, 0.25) is 0 Å². The number of sulfone groups is 1. The molecule has 0 radical (unpaired) electrons. The summed E-state index contributed by atoms with van der Waals surface area (Å²) in [6.45, 7) is 1.73. The van der Waals surface area contributed by atoms with Crippen LogP contribution in [0.5, 0.6) is 0 Å². The highest BCUT2D eigenvalue weighted by atomic mass is 32.2. The number of carbonyl (C=O) groups excluding carboxylic acids is 1. The third kappa shape index (κ3) is 3.16. The normalized spacial score (nSPS) is 21.6. The quantitative estimate of drug-likeness (QED) is 0.771. The van der Waals surface area contributed by atoms with Gasteiger partial charge >= 0.3 is 5.97 Å². The number of nitrogens with zero attached hydrogens (tertiary/aromatic N) is 2. The summed E-state index contributed by atoms with van der Waals surface area (Å²) in [5.41, 5.74) is 0.866. The standard InChI is InChI=1S/C11H15N3O5S/c1-7-4-9(13-12-7)11(17)14-2-3-20(18,19)6-8(14)5-10(15)16/h4,8H,2-3,5-6H2,1H3,(H,12,13)(H,15,16). The average molecular weight is 301 g/mol. The molecule has 0 saturated carbocycles. The van der Waals surface area contributed by atoms with Crippen molar-refractivity contribution in [1.82, 2.24) is 15.1 Å². The molecule has 1 aliphatic rings. The van der Waals surface area contributed by atoms with Gasteiger partial charge in [-0.05, 0) is 13.0 Å². The van der Waals surface area contributed by atoms with Crippen molar-refractivity contribution >= 4 is 21.7 Å². The fourth-order valence-corrected chi connectivity index (χ4v) is 3.72. The molecule has 1 aliphatic heterocycles. The Bertz CT molecular complexity index is 636. The molecule has 2 N–H and O–H groups in total. The molecule has 8 nitrogen and oxygen atoms in total. The van der Waals surface area contributed by atoms with E-state index in [1.807, 2.05) is 0 Å². The first-order valence-electron chi connectivity index (χ1n) is 6.04. The van der Waals surface area contributed by atoms with E-state index < -0.39 is 34.2 Å². The fourth-order valence-electron chi connectivity index (χ4n) is 2.20. The lowest BCUT2D eigenvalue weighted by Crippen LogP contribution is -2.52. The van der Waals surface area contributed by atoms with E-state index in [-0.39, 0.29) is 23.7 Å². The molecule has 1 amide bonds. The Labute approximate surface area is 115 Å². The summed E-state index contributed by atoms with van der Waals surface area (Å²) in [4.78, 5) is 24.4. The van der Waals surface area contributed by atoms with Gasteiger partial charge in [-0.1, -0.05) is 0 Å². The summed E-state index contributed by atoms with van der Waals surface area (Å²) in [5.74, 6) is -2.06. The third-order valence-corrected chi connectivity index (χ3v) is 4.82. The van der Waals surface area contributed by atoms with Crippen molar-refractivity contribution < 1.29 is 23.1 Å². The first-order chi connectivity index (χ1) is 9.28. The molecule has 0 aromatic carbocycles. The van der Waals surface area contributed by atoms with Gasteiger partial charge in [0.1, 0.15) is 5.69 Å². The van der Waals surface area contributed by atoms with Crippen molar-refractivity contribution in [3.8, 4) is 0 Å². The third-order valence-electron chi connectivity index (χ3n) is 3.13. The second kappa shape index (κ2) is 5.23.